The molecule has 2 rings (SSSR count). The minimum atomic E-state index is 0.365. The fourth-order valence-electron chi connectivity index (χ4n) is 3.31. The van der Waals surface area contributed by atoms with Crippen molar-refractivity contribution in [2.45, 2.75) is 51.2 Å². The third-order valence-electron chi connectivity index (χ3n) is 4.95. The summed E-state index contributed by atoms with van der Waals surface area (Å²) < 4.78 is 5.48. The zero-order chi connectivity index (χ0) is 15.2. The third kappa shape index (κ3) is 4.06. The monoisotopic (exact) mass is 290 g/mol. The number of benzene rings is 1. The van der Waals surface area contributed by atoms with Crippen LogP contribution in [-0.4, -0.2) is 44.3 Å². The van der Waals surface area contributed by atoms with Gasteiger partial charge < -0.3 is 10.1 Å². The second kappa shape index (κ2) is 7.92. The van der Waals surface area contributed by atoms with Crippen molar-refractivity contribution in [1.29, 1.82) is 0 Å². The number of aryl methyl sites for hydroxylation is 1. The van der Waals surface area contributed by atoms with Crippen molar-refractivity contribution in [1.82, 2.24) is 10.2 Å². The van der Waals surface area contributed by atoms with Gasteiger partial charge in [-0.15, -0.1) is 0 Å². The van der Waals surface area contributed by atoms with Gasteiger partial charge in [0.1, 0.15) is 0 Å². The van der Waals surface area contributed by atoms with E-state index in [0.29, 0.717) is 18.1 Å². The van der Waals surface area contributed by atoms with E-state index in [1.54, 1.807) is 0 Å². The van der Waals surface area contributed by atoms with E-state index < -0.39 is 0 Å². The predicted octanol–water partition coefficient (Wildman–Crippen LogP) is 3.01. The molecule has 1 aliphatic rings. The second-order valence-corrected chi connectivity index (χ2v) is 6.11. The molecular weight excluding hydrogens is 260 g/mol. The van der Waals surface area contributed by atoms with Gasteiger partial charge in [-0.2, -0.15) is 0 Å². The maximum Gasteiger partial charge on any atom is 0.0480 e. The first-order valence-electron chi connectivity index (χ1n) is 8.23. The normalized spacial score (nSPS) is 19.7. The molecule has 0 amide bonds. The summed E-state index contributed by atoms with van der Waals surface area (Å²) in [4.78, 5) is 2.53. The Balaban J connectivity index is 2.07. The van der Waals surface area contributed by atoms with Crippen LogP contribution in [-0.2, 0) is 11.2 Å². The lowest BCUT2D eigenvalue weighted by Crippen LogP contribution is -2.47. The SMILES string of the molecule is CCc1ccc(C(NC)C(C)N(C)C2CCOCC2)cc1. The highest BCUT2D eigenvalue weighted by Crippen LogP contribution is 2.24. The minimum Gasteiger partial charge on any atom is -0.381 e. The first-order valence-corrected chi connectivity index (χ1v) is 8.23. The zero-order valence-electron chi connectivity index (χ0n) is 13.9. The highest BCUT2D eigenvalue weighted by Gasteiger charge is 2.27. The fourth-order valence-corrected chi connectivity index (χ4v) is 3.31. The molecule has 1 fully saturated rings. The first-order chi connectivity index (χ1) is 10.2. The molecule has 0 saturated carbocycles. The Morgan fingerprint density at radius 2 is 1.86 bits per heavy atom. The van der Waals surface area contributed by atoms with Crippen molar-refractivity contribution in [2.75, 3.05) is 27.3 Å². The van der Waals surface area contributed by atoms with Gasteiger partial charge in [-0.05, 0) is 51.4 Å². The van der Waals surface area contributed by atoms with Crippen LogP contribution in [0.25, 0.3) is 0 Å². The number of rotatable bonds is 6. The molecular formula is C18H30N2O. The summed E-state index contributed by atoms with van der Waals surface area (Å²) in [7, 11) is 4.32. The molecule has 1 heterocycles. The lowest BCUT2D eigenvalue weighted by atomic mass is 9.95. The van der Waals surface area contributed by atoms with Gasteiger partial charge in [-0.25, -0.2) is 0 Å². The predicted molar refractivity (Wildman–Crippen MR) is 88.7 cm³/mol. The van der Waals surface area contributed by atoms with Crippen LogP contribution in [0.3, 0.4) is 0 Å². The molecule has 21 heavy (non-hydrogen) atoms. The summed E-state index contributed by atoms with van der Waals surface area (Å²) in [5.41, 5.74) is 2.78. The van der Waals surface area contributed by atoms with Crippen LogP contribution in [0.15, 0.2) is 24.3 Å². The largest absolute Gasteiger partial charge is 0.381 e. The summed E-state index contributed by atoms with van der Waals surface area (Å²) >= 11 is 0. The zero-order valence-corrected chi connectivity index (χ0v) is 13.9. The van der Waals surface area contributed by atoms with Crippen molar-refractivity contribution in [3.63, 3.8) is 0 Å². The second-order valence-electron chi connectivity index (χ2n) is 6.11. The van der Waals surface area contributed by atoms with Gasteiger partial charge in [0.05, 0.1) is 0 Å². The van der Waals surface area contributed by atoms with Crippen LogP contribution >= 0.6 is 0 Å². The topological polar surface area (TPSA) is 24.5 Å². The number of ether oxygens (including phenoxy) is 1. The van der Waals surface area contributed by atoms with Crippen LogP contribution in [0.1, 0.15) is 43.9 Å². The van der Waals surface area contributed by atoms with Gasteiger partial charge in [0.15, 0.2) is 0 Å². The third-order valence-corrected chi connectivity index (χ3v) is 4.95. The van der Waals surface area contributed by atoms with E-state index >= 15 is 0 Å². The molecule has 3 heteroatoms. The summed E-state index contributed by atoms with van der Waals surface area (Å²) in [5.74, 6) is 0. The number of hydrogen-bond acceptors (Lipinski definition) is 3. The Morgan fingerprint density at radius 1 is 1.24 bits per heavy atom. The number of likely N-dealkylation sites (N-methyl/N-ethyl adjacent to an activating group) is 2. The van der Waals surface area contributed by atoms with Crippen LogP contribution < -0.4 is 5.32 Å². The van der Waals surface area contributed by atoms with Gasteiger partial charge >= 0.3 is 0 Å². The highest BCUT2D eigenvalue weighted by molar-refractivity contribution is 5.26. The van der Waals surface area contributed by atoms with Crippen molar-refractivity contribution >= 4 is 0 Å². The van der Waals surface area contributed by atoms with Crippen LogP contribution in [0.4, 0.5) is 0 Å². The summed E-state index contributed by atoms with van der Waals surface area (Å²) in [6.07, 6.45) is 3.39. The molecule has 1 aliphatic heterocycles. The van der Waals surface area contributed by atoms with E-state index in [-0.39, 0.29) is 0 Å². The molecule has 0 bridgehead atoms. The van der Waals surface area contributed by atoms with E-state index in [2.05, 4.69) is 62.4 Å². The van der Waals surface area contributed by atoms with Crippen molar-refractivity contribution in [3.05, 3.63) is 35.4 Å². The van der Waals surface area contributed by atoms with E-state index in [1.165, 1.54) is 11.1 Å². The molecule has 1 N–H and O–H groups in total. The Hall–Kier alpha value is -0.900. The van der Waals surface area contributed by atoms with Crippen molar-refractivity contribution in [2.24, 2.45) is 0 Å². The van der Waals surface area contributed by atoms with Gasteiger partial charge in [0.25, 0.3) is 0 Å². The van der Waals surface area contributed by atoms with E-state index in [1.807, 2.05) is 0 Å². The standard InChI is InChI=1S/C18H30N2O/c1-5-15-6-8-16(9-7-15)18(19-3)14(2)20(4)17-10-12-21-13-11-17/h6-9,14,17-19H,5,10-13H2,1-4H3. The molecule has 0 spiro atoms. The smallest absolute Gasteiger partial charge is 0.0480 e. The average molecular weight is 290 g/mol. The molecule has 2 unspecified atom stereocenters. The first kappa shape index (κ1) is 16.5. The van der Waals surface area contributed by atoms with Gasteiger partial charge in [0.2, 0.25) is 0 Å². The number of nitrogens with one attached hydrogen (secondary N) is 1. The Labute approximate surface area is 129 Å². The quantitative estimate of drug-likeness (QED) is 0.871. The van der Waals surface area contributed by atoms with Crippen molar-refractivity contribution < 1.29 is 4.74 Å². The maximum absolute atomic E-state index is 5.48. The Kier molecular flexibility index (Phi) is 6.22. The lowest BCUT2D eigenvalue weighted by Gasteiger charge is -2.39. The average Bonchev–Trinajstić information content (AvgIpc) is 2.56. The van der Waals surface area contributed by atoms with E-state index in [4.69, 9.17) is 4.74 Å². The fraction of sp³-hybridized carbons (Fsp3) is 0.667. The van der Waals surface area contributed by atoms with E-state index in [0.717, 1.165) is 32.5 Å². The maximum atomic E-state index is 5.48. The Bertz CT molecular complexity index is 412. The number of hydrogen-bond donors (Lipinski definition) is 1. The summed E-state index contributed by atoms with van der Waals surface area (Å²) in [6, 6.07) is 10.5. The molecule has 1 saturated heterocycles. The molecule has 0 aliphatic carbocycles. The lowest BCUT2D eigenvalue weighted by molar-refractivity contribution is 0.0253. The molecule has 3 nitrogen and oxygen atoms in total. The molecule has 1 aromatic carbocycles. The van der Waals surface area contributed by atoms with Crippen LogP contribution in [0, 0.1) is 0 Å². The molecule has 118 valence electrons. The van der Waals surface area contributed by atoms with Gasteiger partial charge in [-0.1, -0.05) is 31.2 Å². The van der Waals surface area contributed by atoms with Crippen molar-refractivity contribution in [3.8, 4) is 0 Å². The number of nitrogens with zero attached hydrogens (tertiary/aromatic N) is 1. The molecule has 0 radical (unpaired) electrons. The molecule has 0 aromatic heterocycles. The van der Waals surface area contributed by atoms with Crippen LogP contribution in [0.2, 0.25) is 0 Å². The van der Waals surface area contributed by atoms with E-state index in [9.17, 15) is 0 Å². The summed E-state index contributed by atoms with van der Waals surface area (Å²) in [5, 5.41) is 3.50. The Morgan fingerprint density at radius 3 is 2.38 bits per heavy atom. The van der Waals surface area contributed by atoms with Crippen LogP contribution in [0.5, 0.6) is 0 Å². The summed E-state index contributed by atoms with van der Waals surface area (Å²) in [6.45, 7) is 6.32. The van der Waals surface area contributed by atoms with Gasteiger partial charge in [0, 0.05) is 31.3 Å². The minimum absolute atomic E-state index is 0.365. The molecule has 2 atom stereocenters. The molecule has 1 aromatic rings. The van der Waals surface area contributed by atoms with Gasteiger partial charge in [-0.3, -0.25) is 4.90 Å². The highest BCUT2D eigenvalue weighted by atomic mass is 16.5.